The van der Waals surface area contributed by atoms with Gasteiger partial charge in [-0.15, -0.1) is 4.13 Å². The zero-order valence-corrected chi connectivity index (χ0v) is 6.29. The standard InChI is InChI=1S/C2H7NO4S2/c1-2-9(6,7)3-8(4)5/h3H,2H2,1H3,(H,4,5)/p-1. The first kappa shape index (κ1) is 9.02. The predicted octanol–water partition coefficient (Wildman–Crippen LogP) is -1.28. The largest absolute Gasteiger partial charge is 0.759 e. The molecule has 0 rings (SSSR count). The molecule has 56 valence electrons. The van der Waals surface area contributed by atoms with Crippen LogP contribution < -0.4 is 4.13 Å². The summed E-state index contributed by atoms with van der Waals surface area (Å²) < 4.78 is 41.3. The zero-order chi connectivity index (χ0) is 7.49. The Kier molecular flexibility index (Phi) is 3.26. The third-order valence-electron chi connectivity index (χ3n) is 0.575. The van der Waals surface area contributed by atoms with Crippen molar-refractivity contribution in [3.05, 3.63) is 0 Å². The van der Waals surface area contributed by atoms with Crippen molar-refractivity contribution in [1.82, 2.24) is 4.13 Å². The van der Waals surface area contributed by atoms with Gasteiger partial charge in [-0.2, -0.15) is 0 Å². The molecule has 7 heteroatoms. The van der Waals surface area contributed by atoms with Crippen molar-refractivity contribution < 1.29 is 17.2 Å². The summed E-state index contributed by atoms with van der Waals surface area (Å²) >= 11 is -2.72. The first-order chi connectivity index (χ1) is 3.98. The zero-order valence-electron chi connectivity index (χ0n) is 4.66. The first-order valence-electron chi connectivity index (χ1n) is 2.07. The third-order valence-corrected chi connectivity index (χ3v) is 2.90. The molecule has 0 saturated heterocycles. The van der Waals surface area contributed by atoms with E-state index in [1.54, 1.807) is 0 Å². The molecule has 0 saturated carbocycles. The highest BCUT2D eigenvalue weighted by Gasteiger charge is 2.03. The summed E-state index contributed by atoms with van der Waals surface area (Å²) in [6, 6.07) is 0. The Morgan fingerprint density at radius 3 is 2.22 bits per heavy atom. The average Bonchev–Trinajstić information content (AvgIpc) is 1.63. The Labute approximate surface area is 55.9 Å². The number of nitrogens with one attached hydrogen (secondary N) is 1. The molecule has 0 amide bonds. The van der Waals surface area contributed by atoms with Gasteiger partial charge in [0.25, 0.3) is 0 Å². The lowest BCUT2D eigenvalue weighted by Crippen LogP contribution is -2.26. The number of sulfonamides is 1. The smallest absolute Gasteiger partial charge is 0.221 e. The van der Waals surface area contributed by atoms with E-state index in [0.29, 0.717) is 0 Å². The fraction of sp³-hybridized carbons (Fsp3) is 1.00. The van der Waals surface area contributed by atoms with Gasteiger partial charge in [0, 0.05) is 11.3 Å². The minimum Gasteiger partial charge on any atom is -0.759 e. The van der Waals surface area contributed by atoms with Gasteiger partial charge in [-0.1, -0.05) is 0 Å². The molecule has 5 nitrogen and oxygen atoms in total. The Bertz CT molecular complexity index is 195. The van der Waals surface area contributed by atoms with Crippen LogP contribution in [0, 0.1) is 0 Å². The van der Waals surface area contributed by atoms with Gasteiger partial charge in [-0.3, -0.25) is 4.21 Å². The summed E-state index contributed by atoms with van der Waals surface area (Å²) in [5.74, 6) is -0.235. The third kappa shape index (κ3) is 4.52. The highest BCUT2D eigenvalue weighted by Crippen LogP contribution is 1.81. The van der Waals surface area contributed by atoms with Crippen molar-refractivity contribution in [2.24, 2.45) is 0 Å². The molecule has 0 aromatic heterocycles. The van der Waals surface area contributed by atoms with E-state index in [-0.39, 0.29) is 5.75 Å². The molecule has 0 aromatic rings. The molecule has 9 heavy (non-hydrogen) atoms. The topological polar surface area (TPSA) is 86.3 Å². The molecule has 0 aliphatic carbocycles. The molecular formula is C2H6NO4S2-. The fourth-order valence-corrected chi connectivity index (χ4v) is 1.46. The summed E-state index contributed by atoms with van der Waals surface area (Å²) in [7, 11) is -3.58. The van der Waals surface area contributed by atoms with Crippen LogP contribution in [0.5, 0.6) is 0 Å². The van der Waals surface area contributed by atoms with Crippen LogP contribution in [-0.4, -0.2) is 22.9 Å². The van der Waals surface area contributed by atoms with Crippen molar-refractivity contribution in [2.75, 3.05) is 5.75 Å². The van der Waals surface area contributed by atoms with E-state index in [1.807, 2.05) is 0 Å². The minimum atomic E-state index is -3.58. The predicted molar refractivity (Wildman–Crippen MR) is 31.5 cm³/mol. The quantitative estimate of drug-likeness (QED) is 0.537. The SMILES string of the molecule is CCS(=O)(=O)NS(=O)[O-]. The Morgan fingerprint density at radius 2 is 2.11 bits per heavy atom. The van der Waals surface area contributed by atoms with Gasteiger partial charge in [0.1, 0.15) is 0 Å². The van der Waals surface area contributed by atoms with Crippen LogP contribution in [0.4, 0.5) is 0 Å². The fourth-order valence-electron chi connectivity index (χ4n) is 0.163. The molecular weight excluding hydrogens is 166 g/mol. The molecule has 0 bridgehead atoms. The van der Waals surface area contributed by atoms with E-state index in [1.165, 1.54) is 11.1 Å². The van der Waals surface area contributed by atoms with Gasteiger partial charge in [0.05, 0.1) is 5.75 Å². The summed E-state index contributed by atoms with van der Waals surface area (Å²) in [6.45, 7) is 1.34. The Morgan fingerprint density at radius 1 is 1.67 bits per heavy atom. The second kappa shape index (κ2) is 3.25. The Hall–Kier alpha value is 0.0200. The van der Waals surface area contributed by atoms with Crippen molar-refractivity contribution >= 4 is 21.3 Å². The van der Waals surface area contributed by atoms with Crippen LogP contribution in [-0.2, 0) is 21.3 Å². The molecule has 0 aliphatic rings. The lowest BCUT2D eigenvalue weighted by molar-refractivity contribution is 0.530. The maximum absolute atomic E-state index is 10.3. The highest BCUT2D eigenvalue weighted by atomic mass is 32.3. The van der Waals surface area contributed by atoms with Gasteiger partial charge in [0.2, 0.25) is 10.0 Å². The van der Waals surface area contributed by atoms with Crippen molar-refractivity contribution in [3.63, 3.8) is 0 Å². The van der Waals surface area contributed by atoms with Crippen LogP contribution in [0.3, 0.4) is 0 Å². The summed E-state index contributed by atoms with van der Waals surface area (Å²) in [5, 5.41) is 0. The maximum Gasteiger partial charge on any atom is 0.221 e. The van der Waals surface area contributed by atoms with E-state index < -0.39 is 21.3 Å². The van der Waals surface area contributed by atoms with Crippen LogP contribution in [0.2, 0.25) is 0 Å². The monoisotopic (exact) mass is 172 g/mol. The van der Waals surface area contributed by atoms with Crippen LogP contribution in [0.15, 0.2) is 0 Å². The molecule has 0 aliphatic heterocycles. The van der Waals surface area contributed by atoms with Gasteiger partial charge in [-0.25, -0.2) is 8.42 Å². The average molecular weight is 172 g/mol. The second-order valence-corrected chi connectivity index (χ2v) is 4.16. The summed E-state index contributed by atoms with van der Waals surface area (Å²) in [6.07, 6.45) is 0. The molecule has 0 aromatic carbocycles. The molecule has 1 N–H and O–H groups in total. The lowest BCUT2D eigenvalue weighted by Gasteiger charge is -2.04. The second-order valence-electron chi connectivity index (χ2n) is 1.22. The van der Waals surface area contributed by atoms with Crippen molar-refractivity contribution in [1.29, 1.82) is 0 Å². The molecule has 1 unspecified atom stereocenters. The van der Waals surface area contributed by atoms with Gasteiger partial charge in [0.15, 0.2) is 0 Å². The van der Waals surface area contributed by atoms with E-state index >= 15 is 0 Å². The van der Waals surface area contributed by atoms with E-state index in [9.17, 15) is 17.2 Å². The first-order valence-corrected chi connectivity index (χ1v) is 4.80. The van der Waals surface area contributed by atoms with Crippen LogP contribution in [0.1, 0.15) is 6.92 Å². The maximum atomic E-state index is 10.3. The van der Waals surface area contributed by atoms with Crippen LogP contribution >= 0.6 is 0 Å². The molecule has 1 atom stereocenters. The molecule has 0 spiro atoms. The number of rotatable bonds is 3. The Balaban J connectivity index is 4.06. The van der Waals surface area contributed by atoms with Crippen molar-refractivity contribution in [2.45, 2.75) is 6.92 Å². The molecule has 0 heterocycles. The lowest BCUT2D eigenvalue weighted by atomic mass is 11.0. The molecule has 0 fully saturated rings. The molecule has 0 radical (unpaired) electrons. The summed E-state index contributed by atoms with van der Waals surface area (Å²) in [4.78, 5) is 0. The number of hydrogen-bond donors (Lipinski definition) is 1. The van der Waals surface area contributed by atoms with E-state index in [4.69, 9.17) is 0 Å². The van der Waals surface area contributed by atoms with Crippen molar-refractivity contribution in [3.8, 4) is 0 Å². The number of hydrogen-bond acceptors (Lipinski definition) is 4. The highest BCUT2D eigenvalue weighted by molar-refractivity contribution is 7.99. The minimum absolute atomic E-state index is 0.235. The van der Waals surface area contributed by atoms with Crippen LogP contribution in [0.25, 0.3) is 0 Å². The van der Waals surface area contributed by atoms with Gasteiger partial charge >= 0.3 is 0 Å². The van der Waals surface area contributed by atoms with E-state index in [2.05, 4.69) is 0 Å². The van der Waals surface area contributed by atoms with Gasteiger partial charge in [-0.05, 0) is 6.92 Å². The van der Waals surface area contributed by atoms with Gasteiger partial charge < -0.3 is 4.55 Å². The van der Waals surface area contributed by atoms with E-state index in [0.717, 1.165) is 0 Å². The summed E-state index contributed by atoms with van der Waals surface area (Å²) in [5.41, 5.74) is 0. The normalized spacial score (nSPS) is 15.3.